The molecule has 38 heavy (non-hydrogen) atoms. The molecule has 0 unspecified atom stereocenters. The van der Waals surface area contributed by atoms with E-state index in [2.05, 4.69) is 16.0 Å². The van der Waals surface area contributed by atoms with E-state index in [1.807, 2.05) is 6.07 Å². The summed E-state index contributed by atoms with van der Waals surface area (Å²) in [5.74, 6) is -2.50. The normalized spacial score (nSPS) is 14.4. The van der Waals surface area contributed by atoms with Gasteiger partial charge in [0.25, 0.3) is 5.91 Å². The summed E-state index contributed by atoms with van der Waals surface area (Å²) in [5.41, 5.74) is 2.00. The third kappa shape index (κ3) is 6.99. The first kappa shape index (κ1) is 26.9. The monoisotopic (exact) mass is 540 g/mol. The molecule has 2 atom stereocenters. The SMILES string of the molecule is O=C(O)c1ccc(NC(=O)[C@H](Cc2ccccc2)NC(=O)[C@H](O)Nc2cc(Cl)ccc2N2CCOO2)cc1. The lowest BCUT2D eigenvalue weighted by atomic mass is 10.0. The molecule has 1 heterocycles. The molecule has 5 N–H and O–H groups in total. The lowest BCUT2D eigenvalue weighted by Crippen LogP contribution is -2.50. The van der Waals surface area contributed by atoms with Crippen LogP contribution in [0.3, 0.4) is 0 Å². The first-order valence-corrected chi connectivity index (χ1v) is 12.0. The highest BCUT2D eigenvalue weighted by Gasteiger charge is 2.27. The lowest BCUT2D eigenvalue weighted by Gasteiger charge is -2.23. The molecule has 4 rings (SSSR count). The van der Waals surface area contributed by atoms with Gasteiger partial charge in [0, 0.05) is 17.1 Å². The van der Waals surface area contributed by atoms with Gasteiger partial charge < -0.3 is 26.2 Å². The second-order valence-electron chi connectivity index (χ2n) is 8.33. The molecule has 0 saturated carbocycles. The number of nitrogens with one attached hydrogen (secondary N) is 3. The number of nitrogens with zero attached hydrogens (tertiary/aromatic N) is 1. The first-order chi connectivity index (χ1) is 18.3. The van der Waals surface area contributed by atoms with Crippen molar-refractivity contribution in [2.45, 2.75) is 18.7 Å². The van der Waals surface area contributed by atoms with Crippen LogP contribution in [0.4, 0.5) is 17.1 Å². The number of hydrogen-bond acceptors (Lipinski definition) is 8. The summed E-state index contributed by atoms with van der Waals surface area (Å²) in [5, 5.41) is 29.5. The van der Waals surface area contributed by atoms with Gasteiger partial charge in [0.05, 0.1) is 23.5 Å². The summed E-state index contributed by atoms with van der Waals surface area (Å²) in [6.07, 6.45) is -1.60. The smallest absolute Gasteiger partial charge is 0.335 e. The van der Waals surface area contributed by atoms with Gasteiger partial charge >= 0.3 is 5.97 Å². The van der Waals surface area contributed by atoms with Crippen molar-refractivity contribution in [3.63, 3.8) is 0 Å². The fourth-order valence-electron chi connectivity index (χ4n) is 3.71. The maximum atomic E-state index is 13.1. The van der Waals surface area contributed by atoms with Crippen molar-refractivity contribution in [3.05, 3.63) is 88.9 Å². The van der Waals surface area contributed by atoms with E-state index in [9.17, 15) is 19.5 Å². The summed E-state index contributed by atoms with van der Waals surface area (Å²) < 4.78 is 0. The van der Waals surface area contributed by atoms with Crippen LogP contribution >= 0.6 is 11.6 Å². The highest BCUT2D eigenvalue weighted by molar-refractivity contribution is 6.31. The van der Waals surface area contributed by atoms with Gasteiger partial charge in [-0.05, 0) is 48.0 Å². The van der Waals surface area contributed by atoms with E-state index in [1.54, 1.807) is 36.4 Å². The quantitative estimate of drug-likeness (QED) is 0.193. The molecule has 2 amide bonds. The second-order valence-corrected chi connectivity index (χ2v) is 8.77. The van der Waals surface area contributed by atoms with Crippen LogP contribution in [-0.4, -0.2) is 53.4 Å². The third-order valence-electron chi connectivity index (χ3n) is 5.60. The van der Waals surface area contributed by atoms with E-state index >= 15 is 0 Å². The molecule has 1 aliphatic heterocycles. The van der Waals surface area contributed by atoms with E-state index in [0.29, 0.717) is 35.2 Å². The Hall–Kier alpha value is -4.16. The number of hydrogen-bond donors (Lipinski definition) is 5. The number of hydroxylamine groups is 1. The van der Waals surface area contributed by atoms with Gasteiger partial charge in [0.2, 0.25) is 12.1 Å². The number of carboxylic acids is 1. The van der Waals surface area contributed by atoms with Crippen LogP contribution in [0.5, 0.6) is 0 Å². The van der Waals surface area contributed by atoms with Gasteiger partial charge in [0.1, 0.15) is 12.6 Å². The van der Waals surface area contributed by atoms with E-state index < -0.39 is 30.1 Å². The minimum absolute atomic E-state index is 0.0672. The number of halogens is 1. The zero-order valence-corrected chi connectivity index (χ0v) is 20.7. The van der Waals surface area contributed by atoms with Crippen LogP contribution in [0.1, 0.15) is 15.9 Å². The predicted octanol–water partition coefficient (Wildman–Crippen LogP) is 2.82. The Morgan fingerprint density at radius 2 is 1.74 bits per heavy atom. The van der Waals surface area contributed by atoms with E-state index in [0.717, 1.165) is 5.56 Å². The van der Waals surface area contributed by atoms with Crippen LogP contribution in [0.25, 0.3) is 0 Å². The summed E-state index contributed by atoms with van der Waals surface area (Å²) in [6.45, 7) is 0.756. The number of benzene rings is 3. The third-order valence-corrected chi connectivity index (χ3v) is 5.84. The Labute approximate surface area is 222 Å². The van der Waals surface area contributed by atoms with E-state index in [-0.39, 0.29) is 12.0 Å². The fourth-order valence-corrected chi connectivity index (χ4v) is 3.88. The Morgan fingerprint density at radius 3 is 2.39 bits per heavy atom. The van der Waals surface area contributed by atoms with Crippen LogP contribution in [0.2, 0.25) is 5.02 Å². The van der Waals surface area contributed by atoms with Gasteiger partial charge in [-0.1, -0.05) is 41.9 Å². The molecule has 0 aliphatic carbocycles. The number of rotatable bonds is 10. The summed E-state index contributed by atoms with van der Waals surface area (Å²) in [4.78, 5) is 47.2. The number of aromatic carboxylic acids is 1. The molecular formula is C26H25ClN4O7. The minimum atomic E-state index is -1.74. The first-order valence-electron chi connectivity index (χ1n) is 11.6. The maximum Gasteiger partial charge on any atom is 0.335 e. The van der Waals surface area contributed by atoms with Crippen LogP contribution < -0.4 is 21.0 Å². The Kier molecular flexibility index (Phi) is 8.77. The zero-order valence-electron chi connectivity index (χ0n) is 20.0. The Balaban J connectivity index is 1.48. The largest absolute Gasteiger partial charge is 0.478 e. The highest BCUT2D eigenvalue weighted by Crippen LogP contribution is 2.31. The van der Waals surface area contributed by atoms with Crippen LogP contribution in [0.15, 0.2) is 72.8 Å². The van der Waals surface area contributed by atoms with Gasteiger partial charge in [-0.3, -0.25) is 9.59 Å². The minimum Gasteiger partial charge on any atom is -0.478 e. The van der Waals surface area contributed by atoms with E-state index in [1.165, 1.54) is 35.4 Å². The molecule has 0 bridgehead atoms. The van der Waals surface area contributed by atoms with Gasteiger partial charge in [-0.25, -0.2) is 14.7 Å². The van der Waals surface area contributed by atoms with Crippen molar-refractivity contribution in [1.82, 2.24) is 5.32 Å². The molecule has 12 heteroatoms. The second kappa shape index (κ2) is 12.4. The predicted molar refractivity (Wildman–Crippen MR) is 140 cm³/mol. The Bertz CT molecular complexity index is 1280. The standard InChI is InChI=1S/C26H25ClN4O7/c27-18-8-11-22(31-12-13-37-38-31)20(15-18)29-24(33)25(34)30-21(14-16-4-2-1-3-5-16)23(32)28-19-9-6-17(7-10-19)26(35)36/h1-11,15,21,24,29,33H,12-14H2,(H,28,32)(H,30,34)(H,35,36)/t21-,24-/m0/s1. The molecule has 3 aromatic carbocycles. The van der Waals surface area contributed by atoms with Crippen LogP contribution in [-0.2, 0) is 25.9 Å². The fraction of sp³-hybridized carbons (Fsp3) is 0.192. The van der Waals surface area contributed by atoms with Gasteiger partial charge in [-0.2, -0.15) is 0 Å². The average Bonchev–Trinajstić information content (AvgIpc) is 3.44. The van der Waals surface area contributed by atoms with Crippen molar-refractivity contribution in [2.24, 2.45) is 0 Å². The number of carboxylic acid groups (broad SMARTS) is 1. The van der Waals surface area contributed by atoms with Crippen molar-refractivity contribution in [3.8, 4) is 0 Å². The highest BCUT2D eigenvalue weighted by atomic mass is 35.5. The number of carbonyl (C=O) groups is 3. The van der Waals surface area contributed by atoms with Crippen molar-refractivity contribution in [1.29, 1.82) is 0 Å². The van der Waals surface area contributed by atoms with Crippen molar-refractivity contribution < 1.29 is 34.5 Å². The maximum absolute atomic E-state index is 13.1. The van der Waals surface area contributed by atoms with Gasteiger partial charge in [0.15, 0.2) is 0 Å². The lowest BCUT2D eigenvalue weighted by molar-refractivity contribution is -0.258. The van der Waals surface area contributed by atoms with Gasteiger partial charge in [-0.15, -0.1) is 4.99 Å². The topological polar surface area (TPSA) is 149 Å². The molecule has 0 spiro atoms. The molecular weight excluding hydrogens is 516 g/mol. The average molecular weight is 541 g/mol. The number of carbonyl (C=O) groups excluding carboxylic acids is 2. The number of amides is 2. The summed E-state index contributed by atoms with van der Waals surface area (Å²) >= 11 is 6.11. The molecule has 0 radical (unpaired) electrons. The molecule has 198 valence electrons. The molecule has 1 fully saturated rings. The number of aliphatic hydroxyl groups excluding tert-OH is 1. The zero-order chi connectivity index (χ0) is 27.1. The Morgan fingerprint density at radius 1 is 1.00 bits per heavy atom. The van der Waals surface area contributed by atoms with Crippen molar-refractivity contribution >= 4 is 46.4 Å². The number of aliphatic hydroxyl groups is 1. The van der Waals surface area contributed by atoms with Crippen molar-refractivity contribution in [2.75, 3.05) is 28.8 Å². The summed E-state index contributed by atoms with van der Waals surface area (Å²) in [6, 6.07) is 18.4. The molecule has 11 nitrogen and oxygen atoms in total. The molecule has 1 saturated heterocycles. The summed E-state index contributed by atoms with van der Waals surface area (Å²) in [7, 11) is 0. The number of anilines is 3. The molecule has 1 aliphatic rings. The van der Waals surface area contributed by atoms with E-state index in [4.69, 9.17) is 26.6 Å². The molecule has 3 aromatic rings. The molecule has 0 aromatic heterocycles. The van der Waals surface area contributed by atoms with Crippen LogP contribution in [0, 0.1) is 0 Å².